The number of hydrogen-bond acceptors (Lipinski definition) is 4. The van der Waals surface area contributed by atoms with E-state index in [-0.39, 0.29) is 11.5 Å². The molecule has 2 aliphatic rings. The van der Waals surface area contributed by atoms with E-state index in [0.717, 1.165) is 5.56 Å². The summed E-state index contributed by atoms with van der Waals surface area (Å²) in [5, 5.41) is 0. The number of thioether (sulfide) groups is 2. The predicted molar refractivity (Wildman–Crippen MR) is 94.7 cm³/mol. The quantitative estimate of drug-likeness (QED) is 0.821. The van der Waals surface area contributed by atoms with Crippen LogP contribution >= 0.6 is 23.5 Å². The predicted octanol–water partition coefficient (Wildman–Crippen LogP) is 3.81. The third-order valence-corrected chi connectivity index (χ3v) is 6.98. The maximum atomic E-state index is 12.6. The molecule has 1 aromatic rings. The number of carbonyl (C=O) groups is 1. The molecule has 120 valence electrons. The maximum Gasteiger partial charge on any atom is 0.254 e. The first kappa shape index (κ1) is 16.2. The van der Waals surface area contributed by atoms with Crippen LogP contribution in [0.15, 0.2) is 24.3 Å². The van der Waals surface area contributed by atoms with Gasteiger partial charge in [-0.2, -0.15) is 0 Å². The van der Waals surface area contributed by atoms with Crippen LogP contribution in [0.1, 0.15) is 40.8 Å². The number of amides is 1. The fourth-order valence-electron chi connectivity index (χ4n) is 2.84. The lowest BCUT2D eigenvalue weighted by molar-refractivity contribution is -0.0764. The molecule has 0 saturated carbocycles. The molecule has 0 atom stereocenters. The van der Waals surface area contributed by atoms with E-state index in [1.807, 2.05) is 54.4 Å². The van der Waals surface area contributed by atoms with E-state index < -0.39 is 0 Å². The molecule has 0 radical (unpaired) electrons. The molecule has 0 aliphatic carbocycles. The van der Waals surface area contributed by atoms with E-state index in [2.05, 4.69) is 12.1 Å². The Morgan fingerprint density at radius 1 is 1.23 bits per heavy atom. The summed E-state index contributed by atoms with van der Waals surface area (Å²) in [7, 11) is 0. The minimum absolute atomic E-state index is 0.117. The van der Waals surface area contributed by atoms with Crippen molar-refractivity contribution in [1.82, 2.24) is 4.90 Å². The summed E-state index contributed by atoms with van der Waals surface area (Å²) in [6, 6.07) is 8.20. The number of morpholine rings is 1. The summed E-state index contributed by atoms with van der Waals surface area (Å²) in [6.07, 6.45) is 1.30. The second kappa shape index (κ2) is 6.85. The minimum Gasteiger partial charge on any atom is -0.372 e. The molecule has 3 rings (SSSR count). The zero-order valence-corrected chi connectivity index (χ0v) is 14.8. The van der Waals surface area contributed by atoms with Crippen LogP contribution in [0.25, 0.3) is 0 Å². The van der Waals surface area contributed by atoms with Crippen LogP contribution in [-0.4, -0.2) is 47.6 Å². The number of rotatable bonds is 2. The Hall–Kier alpha value is -0.650. The molecule has 1 aromatic carbocycles. The van der Waals surface area contributed by atoms with Gasteiger partial charge in [0.05, 0.1) is 16.8 Å². The van der Waals surface area contributed by atoms with Crippen LogP contribution in [0.2, 0.25) is 0 Å². The first-order valence-corrected chi connectivity index (χ1v) is 9.91. The van der Waals surface area contributed by atoms with Crippen molar-refractivity contribution in [2.75, 3.05) is 31.2 Å². The summed E-state index contributed by atoms with van der Waals surface area (Å²) < 4.78 is 6.21. The molecule has 1 amide bonds. The Balaban J connectivity index is 1.68. The highest BCUT2D eigenvalue weighted by Gasteiger charge is 2.30. The van der Waals surface area contributed by atoms with Crippen LogP contribution in [0.3, 0.4) is 0 Å². The summed E-state index contributed by atoms with van der Waals surface area (Å²) in [5.74, 6) is 2.59. The molecule has 3 nitrogen and oxygen atoms in total. The van der Waals surface area contributed by atoms with Crippen molar-refractivity contribution in [2.45, 2.75) is 30.5 Å². The van der Waals surface area contributed by atoms with Crippen LogP contribution in [0, 0.1) is 0 Å². The van der Waals surface area contributed by atoms with Crippen molar-refractivity contribution in [2.24, 2.45) is 0 Å². The largest absolute Gasteiger partial charge is 0.372 e. The van der Waals surface area contributed by atoms with Gasteiger partial charge in [0.25, 0.3) is 5.91 Å². The fraction of sp³-hybridized carbons (Fsp3) is 0.588. The lowest BCUT2D eigenvalue weighted by Gasteiger charge is -2.38. The Bertz CT molecular complexity index is 524. The number of hydrogen-bond donors (Lipinski definition) is 0. The van der Waals surface area contributed by atoms with Crippen molar-refractivity contribution >= 4 is 29.4 Å². The van der Waals surface area contributed by atoms with Gasteiger partial charge in [0.2, 0.25) is 0 Å². The maximum absolute atomic E-state index is 12.6. The topological polar surface area (TPSA) is 29.5 Å². The standard InChI is InChI=1S/C17H23NO2S2/c1-17(2)12-18(8-9-20-17)15(19)13-4-6-14(7-5-13)16-21-10-3-11-22-16/h4-7,16H,3,8-12H2,1-2H3. The van der Waals surface area contributed by atoms with Crippen LogP contribution < -0.4 is 0 Å². The SMILES string of the molecule is CC1(C)CN(C(=O)c2ccc(C3SCCCS3)cc2)CCO1. The Kier molecular flexibility index (Phi) is 5.05. The summed E-state index contributed by atoms with van der Waals surface area (Å²) in [5.41, 5.74) is 1.87. The molecular weight excluding hydrogens is 314 g/mol. The molecule has 0 spiro atoms. The van der Waals surface area contributed by atoms with Crippen molar-refractivity contribution < 1.29 is 9.53 Å². The number of ether oxygens (including phenoxy) is 1. The average Bonchev–Trinajstić information content (AvgIpc) is 2.54. The van der Waals surface area contributed by atoms with E-state index in [1.165, 1.54) is 23.5 Å². The molecule has 2 aliphatic heterocycles. The summed E-state index contributed by atoms with van der Waals surface area (Å²) in [6.45, 7) is 6.02. The third kappa shape index (κ3) is 3.81. The molecule has 2 saturated heterocycles. The van der Waals surface area contributed by atoms with E-state index in [0.29, 0.717) is 24.3 Å². The number of nitrogens with zero attached hydrogens (tertiary/aromatic N) is 1. The molecule has 0 unspecified atom stereocenters. The first-order valence-electron chi connectivity index (χ1n) is 7.82. The molecule has 0 N–H and O–H groups in total. The van der Waals surface area contributed by atoms with Gasteiger partial charge in [0, 0.05) is 18.7 Å². The van der Waals surface area contributed by atoms with E-state index in [1.54, 1.807) is 0 Å². The van der Waals surface area contributed by atoms with Gasteiger partial charge in [0.1, 0.15) is 0 Å². The van der Waals surface area contributed by atoms with Crippen molar-refractivity contribution in [3.8, 4) is 0 Å². The Morgan fingerprint density at radius 2 is 1.91 bits per heavy atom. The molecular formula is C17H23NO2S2. The lowest BCUT2D eigenvalue weighted by atomic mass is 10.1. The van der Waals surface area contributed by atoms with Crippen LogP contribution in [0.4, 0.5) is 0 Å². The highest BCUT2D eigenvalue weighted by molar-refractivity contribution is 8.16. The first-order chi connectivity index (χ1) is 10.6. The van der Waals surface area contributed by atoms with Crippen molar-refractivity contribution in [3.05, 3.63) is 35.4 Å². The van der Waals surface area contributed by atoms with Crippen LogP contribution in [0.5, 0.6) is 0 Å². The zero-order chi connectivity index (χ0) is 15.6. The molecule has 2 heterocycles. The summed E-state index contributed by atoms with van der Waals surface area (Å²) >= 11 is 4.02. The zero-order valence-electron chi connectivity index (χ0n) is 13.2. The lowest BCUT2D eigenvalue weighted by Crippen LogP contribution is -2.50. The monoisotopic (exact) mass is 337 g/mol. The van der Waals surface area contributed by atoms with E-state index >= 15 is 0 Å². The minimum atomic E-state index is -0.247. The van der Waals surface area contributed by atoms with Gasteiger partial charge in [-0.3, -0.25) is 4.79 Å². The van der Waals surface area contributed by atoms with Gasteiger partial charge in [-0.05, 0) is 49.5 Å². The Labute approximate surface area is 141 Å². The van der Waals surface area contributed by atoms with Gasteiger partial charge >= 0.3 is 0 Å². The van der Waals surface area contributed by atoms with Gasteiger partial charge in [-0.25, -0.2) is 0 Å². The smallest absolute Gasteiger partial charge is 0.254 e. The second-order valence-electron chi connectivity index (χ2n) is 6.38. The van der Waals surface area contributed by atoms with Gasteiger partial charge in [-0.1, -0.05) is 12.1 Å². The number of benzene rings is 1. The summed E-state index contributed by atoms with van der Waals surface area (Å²) in [4.78, 5) is 14.5. The molecule has 22 heavy (non-hydrogen) atoms. The van der Waals surface area contributed by atoms with E-state index in [9.17, 15) is 4.79 Å². The fourth-order valence-corrected chi connectivity index (χ4v) is 5.73. The Morgan fingerprint density at radius 3 is 2.55 bits per heavy atom. The van der Waals surface area contributed by atoms with Gasteiger partial charge in [0.15, 0.2) is 0 Å². The molecule has 0 aromatic heterocycles. The molecule has 2 fully saturated rings. The molecule has 5 heteroatoms. The highest BCUT2D eigenvalue weighted by atomic mass is 32.2. The van der Waals surface area contributed by atoms with Crippen LogP contribution in [-0.2, 0) is 4.74 Å². The van der Waals surface area contributed by atoms with E-state index in [4.69, 9.17) is 4.74 Å². The van der Waals surface area contributed by atoms with Gasteiger partial charge < -0.3 is 9.64 Å². The van der Waals surface area contributed by atoms with Gasteiger partial charge in [-0.15, -0.1) is 23.5 Å². The number of carbonyl (C=O) groups excluding carboxylic acids is 1. The third-order valence-electron chi connectivity index (χ3n) is 3.97. The molecule has 0 bridgehead atoms. The van der Waals surface area contributed by atoms with Crippen molar-refractivity contribution in [3.63, 3.8) is 0 Å². The second-order valence-corrected chi connectivity index (χ2v) is 9.11. The average molecular weight is 338 g/mol. The van der Waals surface area contributed by atoms with Crippen molar-refractivity contribution in [1.29, 1.82) is 0 Å². The normalized spacial score (nSPS) is 22.5. The highest BCUT2D eigenvalue weighted by Crippen LogP contribution is 2.43.